The van der Waals surface area contributed by atoms with Gasteiger partial charge in [-0.1, -0.05) is 82.9 Å². The SMILES string of the molecule is CCOC(=O)C1=C(Nc2ccc(C)cc2)CC(c2ccc(Cl)cc2)N(c2ccc(C)cc2)C1c1ccc(Cl)cc1. The van der Waals surface area contributed by atoms with Gasteiger partial charge in [-0.25, -0.2) is 4.79 Å². The predicted octanol–water partition coefficient (Wildman–Crippen LogP) is 9.23. The minimum absolute atomic E-state index is 0.105. The van der Waals surface area contributed by atoms with E-state index in [2.05, 4.69) is 72.6 Å². The second-order valence-electron chi connectivity index (χ2n) is 10.1. The summed E-state index contributed by atoms with van der Waals surface area (Å²) in [7, 11) is 0. The largest absolute Gasteiger partial charge is 0.463 e. The second kappa shape index (κ2) is 12.2. The van der Waals surface area contributed by atoms with Crippen LogP contribution in [-0.2, 0) is 9.53 Å². The summed E-state index contributed by atoms with van der Waals surface area (Å²) >= 11 is 12.6. The number of rotatable bonds is 7. The van der Waals surface area contributed by atoms with Crippen molar-refractivity contribution < 1.29 is 9.53 Å². The lowest BCUT2D eigenvalue weighted by Crippen LogP contribution is -2.41. The number of hydrogen-bond donors (Lipinski definition) is 1. The standard InChI is InChI=1S/C34H32Cl2N2O2/c1-4-40-34(39)32-30(37-28-17-5-22(2)6-18-28)21-31(24-9-13-26(35)14-10-24)38(29-19-7-23(3)8-20-29)33(32)25-11-15-27(36)16-12-25/h5-20,31,33,37H,4,21H2,1-3H3. The van der Waals surface area contributed by atoms with Crippen LogP contribution in [0.5, 0.6) is 0 Å². The van der Waals surface area contributed by atoms with E-state index < -0.39 is 6.04 Å². The van der Waals surface area contributed by atoms with Gasteiger partial charge in [0, 0.05) is 33.5 Å². The number of carbonyl (C=O) groups excluding carboxylic acids is 1. The van der Waals surface area contributed by atoms with E-state index in [1.54, 1.807) is 0 Å². The molecule has 6 heteroatoms. The van der Waals surface area contributed by atoms with Gasteiger partial charge in [0.25, 0.3) is 0 Å². The maximum absolute atomic E-state index is 13.8. The van der Waals surface area contributed by atoms with Crippen molar-refractivity contribution in [1.82, 2.24) is 0 Å². The molecular formula is C34H32Cl2N2O2. The summed E-state index contributed by atoms with van der Waals surface area (Å²) in [6.45, 7) is 6.24. The molecule has 1 aliphatic rings. The number of ether oxygens (including phenoxy) is 1. The fourth-order valence-corrected chi connectivity index (χ4v) is 5.49. The van der Waals surface area contributed by atoms with E-state index in [0.717, 1.165) is 39.3 Å². The Labute approximate surface area is 246 Å². The van der Waals surface area contributed by atoms with Crippen LogP contribution in [0, 0.1) is 13.8 Å². The van der Waals surface area contributed by atoms with Crippen LogP contribution in [0.2, 0.25) is 10.0 Å². The zero-order valence-electron chi connectivity index (χ0n) is 22.8. The number of aryl methyl sites for hydroxylation is 2. The molecule has 0 amide bonds. The average molecular weight is 572 g/mol. The molecule has 0 aliphatic carbocycles. The van der Waals surface area contributed by atoms with Gasteiger partial charge < -0.3 is 15.0 Å². The molecule has 0 saturated heterocycles. The van der Waals surface area contributed by atoms with Crippen molar-refractivity contribution in [3.63, 3.8) is 0 Å². The number of hydrogen-bond acceptors (Lipinski definition) is 4. The first-order valence-corrected chi connectivity index (χ1v) is 14.2. The molecule has 204 valence electrons. The van der Waals surface area contributed by atoms with Crippen LogP contribution >= 0.6 is 23.2 Å². The third-order valence-electron chi connectivity index (χ3n) is 7.22. The zero-order chi connectivity index (χ0) is 28.2. The topological polar surface area (TPSA) is 41.6 Å². The number of esters is 1. The van der Waals surface area contributed by atoms with Crippen molar-refractivity contribution in [3.8, 4) is 0 Å². The molecule has 0 aromatic heterocycles. The van der Waals surface area contributed by atoms with Crippen LogP contribution in [0.25, 0.3) is 0 Å². The Morgan fingerprint density at radius 3 is 1.88 bits per heavy atom. The molecule has 5 rings (SSSR count). The summed E-state index contributed by atoms with van der Waals surface area (Å²) in [6, 6.07) is 31.7. The Bertz CT molecular complexity index is 1500. The molecule has 0 bridgehead atoms. The van der Waals surface area contributed by atoms with Gasteiger partial charge in [-0.15, -0.1) is 0 Å². The molecule has 0 saturated carbocycles. The van der Waals surface area contributed by atoms with E-state index in [-0.39, 0.29) is 18.6 Å². The number of nitrogens with one attached hydrogen (secondary N) is 1. The maximum atomic E-state index is 13.8. The van der Waals surface area contributed by atoms with Crippen molar-refractivity contribution in [1.29, 1.82) is 0 Å². The molecule has 1 heterocycles. The molecule has 4 aromatic rings. The molecule has 0 fully saturated rings. The summed E-state index contributed by atoms with van der Waals surface area (Å²) in [6.07, 6.45) is 0.557. The van der Waals surface area contributed by atoms with E-state index >= 15 is 0 Å². The van der Waals surface area contributed by atoms with E-state index in [9.17, 15) is 4.79 Å². The van der Waals surface area contributed by atoms with Gasteiger partial charge in [-0.3, -0.25) is 0 Å². The van der Waals surface area contributed by atoms with Crippen LogP contribution in [0.1, 0.15) is 47.7 Å². The fourth-order valence-electron chi connectivity index (χ4n) is 5.24. The van der Waals surface area contributed by atoms with Gasteiger partial charge in [0.05, 0.1) is 24.3 Å². The number of halogens is 2. The third-order valence-corrected chi connectivity index (χ3v) is 7.73. The molecular weight excluding hydrogens is 539 g/mol. The van der Waals surface area contributed by atoms with E-state index in [1.165, 1.54) is 0 Å². The molecule has 1 N–H and O–H groups in total. The van der Waals surface area contributed by atoms with Gasteiger partial charge in [-0.2, -0.15) is 0 Å². The maximum Gasteiger partial charge on any atom is 0.338 e. The number of nitrogens with zero attached hydrogens (tertiary/aromatic N) is 1. The summed E-state index contributed by atoms with van der Waals surface area (Å²) in [5.74, 6) is -0.344. The zero-order valence-corrected chi connectivity index (χ0v) is 24.3. The van der Waals surface area contributed by atoms with E-state index in [4.69, 9.17) is 27.9 Å². The average Bonchev–Trinajstić information content (AvgIpc) is 2.95. The smallest absolute Gasteiger partial charge is 0.338 e. The van der Waals surface area contributed by atoms with Gasteiger partial charge in [0.2, 0.25) is 0 Å². The third kappa shape index (κ3) is 6.04. The second-order valence-corrected chi connectivity index (χ2v) is 10.9. The fraction of sp³-hybridized carbons (Fsp3) is 0.206. The van der Waals surface area contributed by atoms with Gasteiger partial charge >= 0.3 is 5.97 Å². The highest BCUT2D eigenvalue weighted by atomic mass is 35.5. The highest BCUT2D eigenvalue weighted by molar-refractivity contribution is 6.30. The first kappa shape index (κ1) is 27.8. The lowest BCUT2D eigenvalue weighted by molar-refractivity contribution is -0.139. The van der Waals surface area contributed by atoms with Crippen molar-refractivity contribution in [2.75, 3.05) is 16.8 Å². The molecule has 1 aliphatic heterocycles. The van der Waals surface area contributed by atoms with Gasteiger partial charge in [0.15, 0.2) is 0 Å². The summed E-state index contributed by atoms with van der Waals surface area (Å²) in [5.41, 5.74) is 7.68. The van der Waals surface area contributed by atoms with Crippen molar-refractivity contribution in [3.05, 3.63) is 141 Å². The Balaban J connectivity index is 1.77. The monoisotopic (exact) mass is 570 g/mol. The van der Waals surface area contributed by atoms with E-state index in [1.807, 2.05) is 55.5 Å². The van der Waals surface area contributed by atoms with E-state index in [0.29, 0.717) is 22.0 Å². The first-order valence-electron chi connectivity index (χ1n) is 13.4. The molecule has 4 aromatic carbocycles. The van der Waals surface area contributed by atoms with Gasteiger partial charge in [-0.05, 0) is 80.4 Å². The lowest BCUT2D eigenvalue weighted by atomic mass is 9.84. The summed E-state index contributed by atoms with van der Waals surface area (Å²) in [5, 5.41) is 4.91. The molecule has 40 heavy (non-hydrogen) atoms. The van der Waals surface area contributed by atoms with Crippen molar-refractivity contribution in [2.24, 2.45) is 0 Å². The minimum Gasteiger partial charge on any atom is -0.463 e. The highest BCUT2D eigenvalue weighted by Crippen LogP contribution is 2.48. The van der Waals surface area contributed by atoms with Crippen LogP contribution in [0.4, 0.5) is 11.4 Å². The molecule has 2 unspecified atom stereocenters. The van der Waals surface area contributed by atoms with Crippen LogP contribution in [0.15, 0.2) is 108 Å². The van der Waals surface area contributed by atoms with Gasteiger partial charge in [0.1, 0.15) is 0 Å². The summed E-state index contributed by atoms with van der Waals surface area (Å²) in [4.78, 5) is 16.2. The molecule has 0 spiro atoms. The van der Waals surface area contributed by atoms with Crippen molar-refractivity contribution in [2.45, 2.75) is 39.3 Å². The highest BCUT2D eigenvalue weighted by Gasteiger charge is 2.41. The molecule has 4 nitrogen and oxygen atoms in total. The first-order chi connectivity index (χ1) is 19.3. The Hall–Kier alpha value is -3.73. The number of benzene rings is 4. The normalized spacial score (nSPS) is 17.1. The Kier molecular flexibility index (Phi) is 8.49. The number of anilines is 2. The van der Waals surface area contributed by atoms with Crippen LogP contribution < -0.4 is 10.2 Å². The van der Waals surface area contributed by atoms with Crippen LogP contribution in [-0.4, -0.2) is 12.6 Å². The Morgan fingerprint density at radius 2 is 1.32 bits per heavy atom. The molecule has 0 radical (unpaired) electrons. The van der Waals surface area contributed by atoms with Crippen LogP contribution in [0.3, 0.4) is 0 Å². The summed E-state index contributed by atoms with van der Waals surface area (Å²) < 4.78 is 5.70. The predicted molar refractivity (Wildman–Crippen MR) is 165 cm³/mol. The quantitative estimate of drug-likeness (QED) is 0.225. The number of carbonyl (C=O) groups is 1. The Morgan fingerprint density at radius 1 is 0.800 bits per heavy atom. The molecule has 2 atom stereocenters. The van der Waals surface area contributed by atoms with Crippen molar-refractivity contribution >= 4 is 40.5 Å². The lowest BCUT2D eigenvalue weighted by Gasteiger charge is -2.46. The minimum atomic E-state index is -0.443.